The summed E-state index contributed by atoms with van der Waals surface area (Å²) in [5, 5.41) is 12.2. The molecule has 1 aromatic heterocycles. The number of nitrogens with two attached hydrogens (primary N) is 1. The molecule has 1 fully saturated rings. The molecule has 1 aliphatic carbocycles. The van der Waals surface area contributed by atoms with Crippen LogP contribution >= 0.6 is 15.9 Å². The Kier molecular flexibility index (Phi) is 3.35. The lowest BCUT2D eigenvalue weighted by atomic mass is 9.77. The average molecular weight is 300 g/mol. The van der Waals surface area contributed by atoms with Crippen LogP contribution in [-0.2, 0) is 0 Å². The van der Waals surface area contributed by atoms with Crippen molar-refractivity contribution in [2.45, 2.75) is 24.8 Å². The number of pyridine rings is 1. The van der Waals surface area contributed by atoms with Crippen LogP contribution in [0.1, 0.15) is 29.6 Å². The smallest absolute Gasteiger partial charge is 0.253 e. The number of hydrogen-bond donors (Lipinski definition) is 3. The van der Waals surface area contributed by atoms with Crippen LogP contribution < -0.4 is 11.1 Å². The minimum absolute atomic E-state index is 0.0308. The van der Waals surface area contributed by atoms with Crippen LogP contribution in [0, 0.1) is 0 Å². The highest BCUT2D eigenvalue weighted by atomic mass is 79.9. The van der Waals surface area contributed by atoms with Gasteiger partial charge in [0.2, 0.25) is 0 Å². The number of nitrogens with zero attached hydrogens (tertiary/aromatic N) is 1. The lowest BCUT2D eigenvalue weighted by Crippen LogP contribution is -2.56. The van der Waals surface area contributed by atoms with E-state index in [1.54, 1.807) is 0 Å². The summed E-state index contributed by atoms with van der Waals surface area (Å²) in [5.74, 6) is 0.0599. The molecular weight excluding hydrogens is 286 g/mol. The standard InChI is InChI=1S/C11H14BrN3O2/c12-8-5-14-9(13)4-7(8)10(17)15-11(6-16)2-1-3-11/h4-5,16H,1-3,6H2,(H2,13,14)(H,15,17). The summed E-state index contributed by atoms with van der Waals surface area (Å²) in [7, 11) is 0. The van der Waals surface area contributed by atoms with Crippen LogP contribution in [-0.4, -0.2) is 28.1 Å². The molecule has 1 saturated carbocycles. The highest BCUT2D eigenvalue weighted by Gasteiger charge is 2.38. The van der Waals surface area contributed by atoms with Gasteiger partial charge < -0.3 is 16.2 Å². The Morgan fingerprint density at radius 1 is 1.65 bits per heavy atom. The van der Waals surface area contributed by atoms with Crippen molar-refractivity contribution in [1.82, 2.24) is 10.3 Å². The summed E-state index contributed by atoms with van der Waals surface area (Å²) in [6.07, 6.45) is 4.15. The Labute approximate surface area is 108 Å². The van der Waals surface area contributed by atoms with Gasteiger partial charge >= 0.3 is 0 Å². The fraction of sp³-hybridized carbons (Fsp3) is 0.455. The molecule has 0 aromatic carbocycles. The predicted octanol–water partition coefficient (Wildman–Crippen LogP) is 1.07. The first-order chi connectivity index (χ1) is 8.06. The summed E-state index contributed by atoms with van der Waals surface area (Å²) in [4.78, 5) is 15.9. The molecule has 92 valence electrons. The molecule has 2 rings (SSSR count). The summed E-state index contributed by atoms with van der Waals surface area (Å²) >= 11 is 3.26. The summed E-state index contributed by atoms with van der Waals surface area (Å²) < 4.78 is 0.594. The van der Waals surface area contributed by atoms with E-state index in [-0.39, 0.29) is 12.5 Å². The van der Waals surface area contributed by atoms with Crippen molar-refractivity contribution in [3.05, 3.63) is 22.3 Å². The van der Waals surface area contributed by atoms with Crippen molar-refractivity contribution in [1.29, 1.82) is 0 Å². The predicted molar refractivity (Wildman–Crippen MR) is 67.5 cm³/mol. The van der Waals surface area contributed by atoms with Gasteiger partial charge in [-0.05, 0) is 41.3 Å². The maximum absolute atomic E-state index is 12.0. The third-order valence-corrected chi connectivity index (χ3v) is 3.75. The molecule has 0 bridgehead atoms. The molecule has 1 heterocycles. The second-order valence-electron chi connectivity index (χ2n) is 4.34. The SMILES string of the molecule is Nc1cc(C(=O)NC2(CO)CCC2)c(Br)cn1. The largest absolute Gasteiger partial charge is 0.394 e. The van der Waals surface area contributed by atoms with Crippen LogP contribution in [0.2, 0.25) is 0 Å². The second kappa shape index (κ2) is 4.62. The Morgan fingerprint density at radius 3 is 2.88 bits per heavy atom. The molecule has 0 saturated heterocycles. The van der Waals surface area contributed by atoms with Crippen molar-refractivity contribution >= 4 is 27.7 Å². The minimum atomic E-state index is -0.450. The molecule has 17 heavy (non-hydrogen) atoms. The highest BCUT2D eigenvalue weighted by Crippen LogP contribution is 2.32. The molecule has 4 N–H and O–H groups in total. The third kappa shape index (κ3) is 2.42. The van der Waals surface area contributed by atoms with Gasteiger partial charge in [0.1, 0.15) is 5.82 Å². The van der Waals surface area contributed by atoms with Crippen molar-refractivity contribution < 1.29 is 9.90 Å². The van der Waals surface area contributed by atoms with E-state index in [4.69, 9.17) is 5.73 Å². The van der Waals surface area contributed by atoms with Crippen LogP contribution in [0.5, 0.6) is 0 Å². The Balaban J connectivity index is 2.17. The Bertz CT molecular complexity index is 441. The third-order valence-electron chi connectivity index (χ3n) is 3.11. The molecule has 0 radical (unpaired) electrons. The maximum Gasteiger partial charge on any atom is 0.253 e. The number of hydrogen-bond acceptors (Lipinski definition) is 4. The molecule has 0 unspecified atom stereocenters. The van der Waals surface area contributed by atoms with Gasteiger partial charge in [0, 0.05) is 10.7 Å². The average Bonchev–Trinajstić information content (AvgIpc) is 2.26. The molecule has 5 nitrogen and oxygen atoms in total. The topological polar surface area (TPSA) is 88.2 Å². The molecule has 0 aliphatic heterocycles. The van der Waals surface area contributed by atoms with E-state index in [1.807, 2.05) is 0 Å². The molecule has 6 heteroatoms. The Morgan fingerprint density at radius 2 is 2.35 bits per heavy atom. The number of nitrogen functional groups attached to an aromatic ring is 1. The van der Waals surface area contributed by atoms with E-state index >= 15 is 0 Å². The first kappa shape index (κ1) is 12.3. The number of aromatic nitrogens is 1. The van der Waals surface area contributed by atoms with Gasteiger partial charge in [-0.3, -0.25) is 4.79 Å². The number of nitrogens with one attached hydrogen (secondary N) is 1. The first-order valence-electron chi connectivity index (χ1n) is 5.41. The molecule has 1 aliphatic rings. The van der Waals surface area contributed by atoms with E-state index in [1.165, 1.54) is 12.3 Å². The van der Waals surface area contributed by atoms with Crippen molar-refractivity contribution in [2.75, 3.05) is 12.3 Å². The summed E-state index contributed by atoms with van der Waals surface area (Å²) in [5.41, 5.74) is 5.54. The van der Waals surface area contributed by atoms with Gasteiger partial charge in [-0.15, -0.1) is 0 Å². The molecule has 1 amide bonds. The number of aliphatic hydroxyl groups excluding tert-OH is 1. The van der Waals surface area contributed by atoms with Gasteiger partial charge in [-0.25, -0.2) is 4.98 Å². The molecule has 0 atom stereocenters. The first-order valence-corrected chi connectivity index (χ1v) is 6.20. The monoisotopic (exact) mass is 299 g/mol. The van der Waals surface area contributed by atoms with Gasteiger partial charge in [0.25, 0.3) is 5.91 Å². The fourth-order valence-corrected chi connectivity index (χ4v) is 2.26. The Hall–Kier alpha value is -1.14. The second-order valence-corrected chi connectivity index (χ2v) is 5.19. The van der Waals surface area contributed by atoms with E-state index in [0.717, 1.165) is 19.3 Å². The maximum atomic E-state index is 12.0. The molecule has 0 spiro atoms. The number of carbonyl (C=O) groups excluding carboxylic acids is 1. The van der Waals surface area contributed by atoms with Crippen molar-refractivity contribution in [3.8, 4) is 0 Å². The lowest BCUT2D eigenvalue weighted by Gasteiger charge is -2.41. The van der Waals surface area contributed by atoms with Gasteiger partial charge in [0.05, 0.1) is 17.7 Å². The lowest BCUT2D eigenvalue weighted by molar-refractivity contribution is 0.0641. The van der Waals surface area contributed by atoms with Gasteiger partial charge in [0.15, 0.2) is 0 Å². The van der Waals surface area contributed by atoms with Crippen LogP contribution in [0.3, 0.4) is 0 Å². The highest BCUT2D eigenvalue weighted by molar-refractivity contribution is 9.10. The zero-order chi connectivity index (χ0) is 12.5. The van der Waals surface area contributed by atoms with E-state index in [0.29, 0.717) is 15.9 Å². The van der Waals surface area contributed by atoms with Crippen molar-refractivity contribution in [2.24, 2.45) is 0 Å². The fourth-order valence-electron chi connectivity index (χ4n) is 1.86. The summed E-state index contributed by atoms with van der Waals surface area (Å²) in [6, 6.07) is 1.52. The van der Waals surface area contributed by atoms with Gasteiger partial charge in [-0.2, -0.15) is 0 Å². The zero-order valence-electron chi connectivity index (χ0n) is 9.24. The quantitative estimate of drug-likeness (QED) is 0.779. The number of aliphatic hydroxyl groups is 1. The summed E-state index contributed by atoms with van der Waals surface area (Å²) in [6.45, 7) is -0.0308. The minimum Gasteiger partial charge on any atom is -0.394 e. The van der Waals surface area contributed by atoms with Crippen LogP contribution in [0.4, 0.5) is 5.82 Å². The molecule has 1 aromatic rings. The number of halogens is 1. The van der Waals surface area contributed by atoms with E-state index in [9.17, 15) is 9.90 Å². The van der Waals surface area contributed by atoms with Crippen LogP contribution in [0.15, 0.2) is 16.7 Å². The van der Waals surface area contributed by atoms with Gasteiger partial charge in [-0.1, -0.05) is 0 Å². The van der Waals surface area contributed by atoms with Crippen LogP contribution in [0.25, 0.3) is 0 Å². The number of carbonyl (C=O) groups is 1. The zero-order valence-corrected chi connectivity index (χ0v) is 10.8. The number of rotatable bonds is 3. The van der Waals surface area contributed by atoms with E-state index in [2.05, 4.69) is 26.2 Å². The van der Waals surface area contributed by atoms with Crippen molar-refractivity contribution in [3.63, 3.8) is 0 Å². The number of amides is 1. The normalized spacial score (nSPS) is 17.3. The number of anilines is 1. The van der Waals surface area contributed by atoms with E-state index < -0.39 is 5.54 Å². The molecular formula is C11H14BrN3O2.